The molecule has 26 heavy (non-hydrogen) atoms. The van der Waals surface area contributed by atoms with E-state index in [0.29, 0.717) is 17.2 Å². The van der Waals surface area contributed by atoms with Gasteiger partial charge in [0.05, 0.1) is 5.69 Å². The Morgan fingerprint density at radius 3 is 2.46 bits per heavy atom. The molecule has 3 amide bonds. The summed E-state index contributed by atoms with van der Waals surface area (Å²) in [6.45, 7) is 1.47. The summed E-state index contributed by atoms with van der Waals surface area (Å²) in [5.74, 6) is -1.23. The van der Waals surface area contributed by atoms with E-state index in [-0.39, 0.29) is 19.0 Å². The highest BCUT2D eigenvalue weighted by Gasteiger charge is 2.26. The number of benzene rings is 2. The molecule has 134 valence electrons. The topological polar surface area (TPSA) is 111 Å². The van der Waals surface area contributed by atoms with Crippen molar-refractivity contribution in [2.75, 3.05) is 17.4 Å². The number of carbonyl (C=O) groups is 3. The van der Waals surface area contributed by atoms with Crippen LogP contribution in [-0.4, -0.2) is 24.5 Å². The van der Waals surface area contributed by atoms with E-state index >= 15 is 0 Å². The summed E-state index contributed by atoms with van der Waals surface area (Å²) in [5, 5.41) is 2.50. The van der Waals surface area contributed by atoms with E-state index in [1.165, 1.54) is 19.1 Å². The minimum absolute atomic E-state index is 0.106. The predicted octanol–water partition coefficient (Wildman–Crippen LogP) is 1.19. The first kappa shape index (κ1) is 17.3. The van der Waals surface area contributed by atoms with Crippen LogP contribution in [0.4, 0.5) is 11.4 Å². The number of anilines is 2. The molecule has 3 rings (SSSR count). The van der Waals surface area contributed by atoms with E-state index in [9.17, 15) is 14.4 Å². The van der Waals surface area contributed by atoms with Crippen molar-refractivity contribution in [2.24, 2.45) is 0 Å². The van der Waals surface area contributed by atoms with Gasteiger partial charge in [0, 0.05) is 19.2 Å². The first-order valence-electron chi connectivity index (χ1n) is 7.82. The van der Waals surface area contributed by atoms with Crippen LogP contribution < -0.4 is 25.4 Å². The number of imide groups is 1. The Morgan fingerprint density at radius 1 is 1.08 bits per heavy atom. The standard InChI is InChI=1S/C18H17N3O5/c1-11(22)21(14-5-3-13(19)4-6-14)18(24)17(23)20-9-12-2-7-15-16(8-12)26-10-25-15/h2-8H,9-10,19H2,1H3,(H,20,23). The summed E-state index contributed by atoms with van der Waals surface area (Å²) in [6, 6.07) is 11.3. The monoisotopic (exact) mass is 355 g/mol. The van der Waals surface area contributed by atoms with Gasteiger partial charge in [-0.2, -0.15) is 0 Å². The van der Waals surface area contributed by atoms with E-state index in [4.69, 9.17) is 15.2 Å². The van der Waals surface area contributed by atoms with Gasteiger partial charge in [-0.05, 0) is 42.0 Å². The minimum Gasteiger partial charge on any atom is -0.454 e. The minimum atomic E-state index is -0.969. The van der Waals surface area contributed by atoms with Crippen molar-refractivity contribution < 1.29 is 23.9 Å². The fraction of sp³-hybridized carbons (Fsp3) is 0.167. The van der Waals surface area contributed by atoms with Gasteiger partial charge in [-0.15, -0.1) is 0 Å². The van der Waals surface area contributed by atoms with Crippen LogP contribution in [0.3, 0.4) is 0 Å². The average molecular weight is 355 g/mol. The molecule has 0 spiro atoms. The van der Waals surface area contributed by atoms with Crippen molar-refractivity contribution in [3.05, 3.63) is 48.0 Å². The number of hydrogen-bond donors (Lipinski definition) is 2. The van der Waals surface area contributed by atoms with Crippen LogP contribution >= 0.6 is 0 Å². The van der Waals surface area contributed by atoms with Gasteiger partial charge in [0.15, 0.2) is 11.5 Å². The molecule has 0 saturated carbocycles. The average Bonchev–Trinajstić information content (AvgIpc) is 3.09. The normalized spacial score (nSPS) is 11.7. The summed E-state index contributed by atoms with van der Waals surface area (Å²) in [6.07, 6.45) is 0. The lowest BCUT2D eigenvalue weighted by atomic mass is 10.2. The highest BCUT2D eigenvalue weighted by Crippen LogP contribution is 2.32. The number of hydrogen-bond acceptors (Lipinski definition) is 6. The van der Waals surface area contributed by atoms with Crippen molar-refractivity contribution in [1.82, 2.24) is 5.32 Å². The van der Waals surface area contributed by atoms with Crippen molar-refractivity contribution in [2.45, 2.75) is 13.5 Å². The van der Waals surface area contributed by atoms with Gasteiger partial charge in [0.25, 0.3) is 0 Å². The molecule has 2 aromatic carbocycles. The molecule has 0 saturated heterocycles. The molecule has 1 aliphatic heterocycles. The summed E-state index contributed by atoms with van der Waals surface area (Å²) in [4.78, 5) is 37.2. The second kappa shape index (κ2) is 7.14. The molecule has 0 fully saturated rings. The Balaban J connectivity index is 1.68. The van der Waals surface area contributed by atoms with Crippen molar-refractivity contribution >= 4 is 29.1 Å². The summed E-state index contributed by atoms with van der Waals surface area (Å²) < 4.78 is 10.5. The number of nitrogens with zero attached hydrogens (tertiary/aromatic N) is 1. The summed E-state index contributed by atoms with van der Waals surface area (Å²) in [7, 11) is 0. The lowest BCUT2D eigenvalue weighted by Crippen LogP contribution is -2.45. The molecule has 3 N–H and O–H groups in total. The lowest BCUT2D eigenvalue weighted by Gasteiger charge is -2.18. The van der Waals surface area contributed by atoms with Gasteiger partial charge in [0.1, 0.15) is 0 Å². The Hall–Kier alpha value is -3.55. The Labute approximate surface area is 149 Å². The quantitative estimate of drug-likeness (QED) is 0.632. The van der Waals surface area contributed by atoms with Gasteiger partial charge >= 0.3 is 11.8 Å². The Kier molecular flexibility index (Phi) is 4.74. The van der Waals surface area contributed by atoms with Crippen LogP contribution in [0.1, 0.15) is 12.5 Å². The molecule has 0 radical (unpaired) electrons. The maximum absolute atomic E-state index is 12.4. The lowest BCUT2D eigenvalue weighted by molar-refractivity contribution is -0.139. The van der Waals surface area contributed by atoms with Gasteiger partial charge < -0.3 is 20.5 Å². The van der Waals surface area contributed by atoms with E-state index in [1.54, 1.807) is 30.3 Å². The smallest absolute Gasteiger partial charge is 0.323 e. The number of nitrogens with one attached hydrogen (secondary N) is 1. The Bertz CT molecular complexity index is 864. The largest absolute Gasteiger partial charge is 0.454 e. The molecule has 0 aliphatic carbocycles. The van der Waals surface area contributed by atoms with Crippen molar-refractivity contribution in [3.63, 3.8) is 0 Å². The maximum Gasteiger partial charge on any atom is 0.323 e. The van der Waals surface area contributed by atoms with Crippen LogP contribution in [-0.2, 0) is 20.9 Å². The van der Waals surface area contributed by atoms with E-state index in [0.717, 1.165) is 10.5 Å². The van der Waals surface area contributed by atoms with E-state index in [1.807, 2.05) is 0 Å². The molecule has 0 unspecified atom stereocenters. The fourth-order valence-corrected chi connectivity index (χ4v) is 2.48. The first-order valence-corrected chi connectivity index (χ1v) is 7.82. The molecular formula is C18H17N3O5. The molecule has 8 heteroatoms. The zero-order chi connectivity index (χ0) is 18.7. The Morgan fingerprint density at radius 2 is 1.77 bits per heavy atom. The number of nitrogen functional groups attached to an aromatic ring is 1. The zero-order valence-electron chi connectivity index (χ0n) is 14.0. The van der Waals surface area contributed by atoms with Crippen LogP contribution in [0.25, 0.3) is 0 Å². The zero-order valence-corrected chi connectivity index (χ0v) is 14.0. The van der Waals surface area contributed by atoms with Crippen molar-refractivity contribution in [3.8, 4) is 11.5 Å². The van der Waals surface area contributed by atoms with E-state index < -0.39 is 17.7 Å². The first-order chi connectivity index (χ1) is 12.5. The third-order valence-corrected chi connectivity index (χ3v) is 3.75. The molecule has 0 atom stereocenters. The highest BCUT2D eigenvalue weighted by molar-refractivity contribution is 6.45. The number of ether oxygens (including phenoxy) is 2. The number of rotatable bonds is 3. The van der Waals surface area contributed by atoms with Crippen LogP contribution in [0.2, 0.25) is 0 Å². The molecular weight excluding hydrogens is 338 g/mol. The highest BCUT2D eigenvalue weighted by atomic mass is 16.7. The second-order valence-electron chi connectivity index (χ2n) is 5.62. The van der Waals surface area contributed by atoms with Crippen LogP contribution in [0.5, 0.6) is 11.5 Å². The number of carbonyl (C=O) groups excluding carboxylic acids is 3. The van der Waals surface area contributed by atoms with Gasteiger partial charge in [-0.25, -0.2) is 4.90 Å². The maximum atomic E-state index is 12.4. The number of nitrogens with two attached hydrogens (primary N) is 1. The van der Waals surface area contributed by atoms with E-state index in [2.05, 4.69) is 5.32 Å². The molecule has 8 nitrogen and oxygen atoms in total. The third-order valence-electron chi connectivity index (χ3n) is 3.75. The SMILES string of the molecule is CC(=O)N(C(=O)C(=O)NCc1ccc2c(c1)OCO2)c1ccc(N)cc1. The molecule has 2 aromatic rings. The fourth-order valence-electron chi connectivity index (χ4n) is 2.48. The number of fused-ring (bicyclic) bond motifs is 1. The van der Waals surface area contributed by atoms with Crippen LogP contribution in [0, 0.1) is 0 Å². The molecule has 1 heterocycles. The van der Waals surface area contributed by atoms with Gasteiger partial charge in [0.2, 0.25) is 12.7 Å². The van der Waals surface area contributed by atoms with Crippen molar-refractivity contribution in [1.29, 1.82) is 0 Å². The summed E-state index contributed by atoms with van der Waals surface area (Å²) >= 11 is 0. The molecule has 0 aromatic heterocycles. The van der Waals surface area contributed by atoms with Crippen LogP contribution in [0.15, 0.2) is 42.5 Å². The predicted molar refractivity (Wildman–Crippen MR) is 93.4 cm³/mol. The second-order valence-corrected chi connectivity index (χ2v) is 5.62. The summed E-state index contributed by atoms with van der Waals surface area (Å²) in [5.41, 5.74) is 7.09. The van der Waals surface area contributed by atoms with Gasteiger partial charge in [-0.3, -0.25) is 14.4 Å². The molecule has 0 bridgehead atoms. The molecule has 1 aliphatic rings. The number of amides is 3. The third kappa shape index (κ3) is 3.59. The van der Waals surface area contributed by atoms with Gasteiger partial charge in [-0.1, -0.05) is 6.07 Å².